The molecule has 7 nitrogen and oxygen atoms in total. The van der Waals surface area contributed by atoms with Crippen molar-refractivity contribution in [1.82, 2.24) is 4.98 Å². The Morgan fingerprint density at radius 2 is 1.70 bits per heavy atom. The summed E-state index contributed by atoms with van der Waals surface area (Å²) in [6, 6.07) is 19.7. The number of carbonyl (C=O) groups excluding carboxylic acids is 1. The maximum atomic E-state index is 12.4. The lowest BCUT2D eigenvalue weighted by Crippen LogP contribution is -2.46. The van der Waals surface area contributed by atoms with Gasteiger partial charge in [0.1, 0.15) is 17.3 Å². The quantitative estimate of drug-likeness (QED) is 0.554. The van der Waals surface area contributed by atoms with Crippen LogP contribution in [-0.4, -0.2) is 51.3 Å². The van der Waals surface area contributed by atoms with Gasteiger partial charge >= 0.3 is 0 Å². The first kappa shape index (κ1) is 22.2. The average molecular weight is 445 g/mol. The SMILES string of the molecule is COc1ccc(OC)c(/C=C/C(=O)Nc2ccc(N3CCN(c4ccccc4)CC3)nc2)c1. The highest BCUT2D eigenvalue weighted by Crippen LogP contribution is 2.25. The van der Waals surface area contributed by atoms with Crippen LogP contribution >= 0.6 is 0 Å². The van der Waals surface area contributed by atoms with E-state index in [1.807, 2.05) is 30.3 Å². The van der Waals surface area contributed by atoms with Crippen molar-refractivity contribution in [3.05, 3.63) is 78.5 Å². The number of pyridine rings is 1. The number of nitrogens with zero attached hydrogens (tertiary/aromatic N) is 3. The van der Waals surface area contributed by atoms with Crippen molar-refractivity contribution >= 4 is 29.2 Å². The molecule has 2 heterocycles. The van der Waals surface area contributed by atoms with E-state index in [9.17, 15) is 4.79 Å². The van der Waals surface area contributed by atoms with Gasteiger partial charge in [-0.25, -0.2) is 4.98 Å². The lowest BCUT2D eigenvalue weighted by atomic mass is 10.1. The monoisotopic (exact) mass is 444 g/mol. The molecule has 0 bridgehead atoms. The predicted molar refractivity (Wildman–Crippen MR) is 132 cm³/mol. The van der Waals surface area contributed by atoms with Crippen molar-refractivity contribution in [3.8, 4) is 11.5 Å². The van der Waals surface area contributed by atoms with E-state index in [4.69, 9.17) is 9.47 Å². The third-order valence-electron chi connectivity index (χ3n) is 5.59. The Bertz CT molecular complexity index is 1090. The smallest absolute Gasteiger partial charge is 0.248 e. The van der Waals surface area contributed by atoms with Crippen molar-refractivity contribution in [3.63, 3.8) is 0 Å². The number of piperazine rings is 1. The maximum Gasteiger partial charge on any atom is 0.248 e. The Kier molecular flexibility index (Phi) is 7.09. The molecular weight excluding hydrogens is 416 g/mol. The fraction of sp³-hybridized carbons (Fsp3) is 0.231. The lowest BCUT2D eigenvalue weighted by molar-refractivity contribution is -0.111. The van der Waals surface area contributed by atoms with Crippen molar-refractivity contribution in [2.45, 2.75) is 0 Å². The minimum atomic E-state index is -0.245. The average Bonchev–Trinajstić information content (AvgIpc) is 2.88. The summed E-state index contributed by atoms with van der Waals surface area (Å²) in [7, 11) is 3.19. The molecule has 1 aromatic heterocycles. The number of para-hydroxylation sites is 1. The van der Waals surface area contributed by atoms with Crippen LogP contribution < -0.4 is 24.6 Å². The van der Waals surface area contributed by atoms with E-state index in [0.717, 1.165) is 37.6 Å². The van der Waals surface area contributed by atoms with Gasteiger partial charge in [-0.05, 0) is 48.5 Å². The number of hydrogen-bond acceptors (Lipinski definition) is 6. The van der Waals surface area contributed by atoms with Gasteiger partial charge in [0.15, 0.2) is 0 Å². The molecule has 1 fully saturated rings. The van der Waals surface area contributed by atoms with Crippen molar-refractivity contribution in [2.75, 3.05) is 55.5 Å². The highest BCUT2D eigenvalue weighted by atomic mass is 16.5. The normalized spacial score (nSPS) is 13.8. The van der Waals surface area contributed by atoms with Gasteiger partial charge in [0, 0.05) is 43.5 Å². The largest absolute Gasteiger partial charge is 0.497 e. The van der Waals surface area contributed by atoms with Gasteiger partial charge in [0.05, 0.1) is 26.1 Å². The highest BCUT2D eigenvalue weighted by molar-refractivity contribution is 6.02. The van der Waals surface area contributed by atoms with E-state index < -0.39 is 0 Å². The highest BCUT2D eigenvalue weighted by Gasteiger charge is 2.18. The number of nitrogens with one attached hydrogen (secondary N) is 1. The molecular formula is C26H28N4O3. The van der Waals surface area contributed by atoms with Gasteiger partial charge in [-0.1, -0.05) is 18.2 Å². The molecule has 0 saturated carbocycles. The summed E-state index contributed by atoms with van der Waals surface area (Å²) in [5.74, 6) is 2.03. The van der Waals surface area contributed by atoms with Crippen LogP contribution in [0.15, 0.2) is 72.9 Å². The molecule has 3 aromatic rings. The molecule has 1 N–H and O–H groups in total. The van der Waals surface area contributed by atoms with Gasteiger partial charge in [-0.15, -0.1) is 0 Å². The first-order valence-corrected chi connectivity index (χ1v) is 10.9. The zero-order valence-electron chi connectivity index (χ0n) is 18.9. The number of hydrogen-bond donors (Lipinski definition) is 1. The molecule has 1 saturated heterocycles. The van der Waals surface area contributed by atoms with E-state index in [1.165, 1.54) is 11.8 Å². The van der Waals surface area contributed by atoms with Crippen LogP contribution in [0.25, 0.3) is 6.08 Å². The van der Waals surface area contributed by atoms with E-state index in [-0.39, 0.29) is 5.91 Å². The number of rotatable bonds is 7. The van der Waals surface area contributed by atoms with Crippen LogP contribution in [0.2, 0.25) is 0 Å². The van der Waals surface area contributed by atoms with E-state index in [2.05, 4.69) is 44.4 Å². The molecule has 0 atom stereocenters. The summed E-state index contributed by atoms with van der Waals surface area (Å²) in [6.45, 7) is 3.70. The maximum absolute atomic E-state index is 12.4. The molecule has 4 rings (SSSR count). The summed E-state index contributed by atoms with van der Waals surface area (Å²) in [5, 5.41) is 2.85. The number of ether oxygens (including phenoxy) is 2. The van der Waals surface area contributed by atoms with E-state index in [0.29, 0.717) is 17.2 Å². The summed E-state index contributed by atoms with van der Waals surface area (Å²) in [5.41, 5.74) is 2.66. The van der Waals surface area contributed by atoms with Crippen molar-refractivity contribution in [2.24, 2.45) is 0 Å². The van der Waals surface area contributed by atoms with Gasteiger partial charge in [0.25, 0.3) is 0 Å². The fourth-order valence-electron chi connectivity index (χ4n) is 3.80. The Labute approximate surface area is 194 Å². The van der Waals surface area contributed by atoms with Crippen molar-refractivity contribution < 1.29 is 14.3 Å². The zero-order chi connectivity index (χ0) is 23.0. The molecule has 1 aliphatic rings. The van der Waals surface area contributed by atoms with Crippen LogP contribution in [0.1, 0.15) is 5.56 Å². The van der Waals surface area contributed by atoms with Crippen molar-refractivity contribution in [1.29, 1.82) is 0 Å². The number of aromatic nitrogens is 1. The molecule has 7 heteroatoms. The number of amides is 1. The predicted octanol–water partition coefficient (Wildman–Crippen LogP) is 4.08. The van der Waals surface area contributed by atoms with Gasteiger partial charge in [-0.2, -0.15) is 0 Å². The number of anilines is 3. The summed E-state index contributed by atoms with van der Waals surface area (Å²) >= 11 is 0. The van der Waals surface area contributed by atoms with Gasteiger partial charge in [0.2, 0.25) is 5.91 Å². The number of benzene rings is 2. The Hall–Kier alpha value is -4.00. The lowest BCUT2D eigenvalue weighted by Gasteiger charge is -2.36. The third-order valence-corrected chi connectivity index (χ3v) is 5.59. The van der Waals surface area contributed by atoms with E-state index in [1.54, 1.807) is 32.6 Å². The minimum absolute atomic E-state index is 0.245. The molecule has 33 heavy (non-hydrogen) atoms. The Morgan fingerprint density at radius 3 is 2.36 bits per heavy atom. The fourth-order valence-corrected chi connectivity index (χ4v) is 3.80. The summed E-state index contributed by atoms with van der Waals surface area (Å²) in [4.78, 5) is 21.6. The second-order valence-electron chi connectivity index (χ2n) is 7.65. The van der Waals surface area contributed by atoms with Crippen LogP contribution in [0.5, 0.6) is 11.5 Å². The first-order chi connectivity index (χ1) is 16.2. The zero-order valence-corrected chi connectivity index (χ0v) is 18.9. The molecule has 0 aliphatic carbocycles. The second-order valence-corrected chi connectivity index (χ2v) is 7.65. The molecule has 0 spiro atoms. The van der Waals surface area contributed by atoms with Crippen LogP contribution in [0, 0.1) is 0 Å². The molecule has 1 amide bonds. The molecule has 170 valence electrons. The minimum Gasteiger partial charge on any atom is -0.497 e. The first-order valence-electron chi connectivity index (χ1n) is 10.9. The Morgan fingerprint density at radius 1 is 0.939 bits per heavy atom. The third kappa shape index (κ3) is 5.63. The standard InChI is InChI=1S/C26H28N4O3/c1-32-23-10-11-24(33-2)20(18-23)8-13-26(31)28-21-9-12-25(27-19-21)30-16-14-29(15-17-30)22-6-4-3-5-7-22/h3-13,18-19H,14-17H2,1-2H3,(H,28,31)/b13-8+. The number of carbonyl (C=O) groups is 1. The van der Waals surface area contributed by atoms with Crippen LogP contribution in [0.4, 0.5) is 17.2 Å². The molecule has 1 aliphatic heterocycles. The van der Waals surface area contributed by atoms with Gasteiger partial charge in [-0.3, -0.25) is 4.79 Å². The Balaban J connectivity index is 1.33. The number of methoxy groups -OCH3 is 2. The molecule has 0 unspecified atom stereocenters. The van der Waals surface area contributed by atoms with E-state index >= 15 is 0 Å². The summed E-state index contributed by atoms with van der Waals surface area (Å²) < 4.78 is 10.6. The molecule has 0 radical (unpaired) electrons. The summed E-state index contributed by atoms with van der Waals surface area (Å²) in [6.07, 6.45) is 4.86. The second kappa shape index (κ2) is 10.5. The van der Waals surface area contributed by atoms with Crippen LogP contribution in [0.3, 0.4) is 0 Å². The topological polar surface area (TPSA) is 66.9 Å². The molecule has 2 aromatic carbocycles. The van der Waals surface area contributed by atoms with Gasteiger partial charge < -0.3 is 24.6 Å². The van der Waals surface area contributed by atoms with Crippen LogP contribution in [-0.2, 0) is 4.79 Å².